The number of rotatable bonds is 6. The van der Waals surface area contributed by atoms with Crippen LogP contribution in [0.5, 0.6) is 5.75 Å². The van der Waals surface area contributed by atoms with Gasteiger partial charge in [-0.3, -0.25) is 4.79 Å². The molecule has 3 aromatic rings. The number of amides is 1. The molecule has 144 valence electrons. The van der Waals surface area contributed by atoms with Crippen molar-refractivity contribution >= 4 is 23.7 Å². The van der Waals surface area contributed by atoms with E-state index in [-0.39, 0.29) is 12.5 Å². The van der Waals surface area contributed by atoms with E-state index in [1.54, 1.807) is 4.68 Å². The van der Waals surface area contributed by atoms with E-state index in [1.165, 1.54) is 11.8 Å². The van der Waals surface area contributed by atoms with E-state index in [0.29, 0.717) is 22.2 Å². The lowest BCUT2D eigenvalue weighted by molar-refractivity contribution is -0.123. The van der Waals surface area contributed by atoms with Crippen molar-refractivity contribution < 1.29 is 9.53 Å². The van der Waals surface area contributed by atoms with Gasteiger partial charge >= 0.3 is 0 Å². The molecule has 0 spiro atoms. The van der Waals surface area contributed by atoms with Crippen LogP contribution in [0.4, 0.5) is 0 Å². The largest absolute Gasteiger partial charge is 0.484 e. The summed E-state index contributed by atoms with van der Waals surface area (Å²) in [6.07, 6.45) is 1.48. The van der Waals surface area contributed by atoms with Gasteiger partial charge in [-0.25, -0.2) is 10.1 Å². The Morgan fingerprint density at radius 1 is 1.18 bits per heavy atom. The summed E-state index contributed by atoms with van der Waals surface area (Å²) in [6.45, 7) is 5.72. The highest BCUT2D eigenvalue weighted by atomic mass is 35.5. The maximum atomic E-state index is 12.0. The molecule has 7 heteroatoms. The van der Waals surface area contributed by atoms with Gasteiger partial charge in [0.2, 0.25) is 0 Å². The minimum absolute atomic E-state index is 0.129. The Balaban J connectivity index is 1.60. The number of aromatic nitrogens is 2. The molecule has 6 nitrogen and oxygen atoms in total. The Kier molecular flexibility index (Phi) is 6.11. The van der Waals surface area contributed by atoms with Gasteiger partial charge in [-0.1, -0.05) is 35.9 Å². The van der Waals surface area contributed by atoms with E-state index < -0.39 is 0 Å². The second-order valence-electron chi connectivity index (χ2n) is 6.37. The molecule has 0 radical (unpaired) electrons. The van der Waals surface area contributed by atoms with Gasteiger partial charge in [0.1, 0.15) is 10.9 Å². The van der Waals surface area contributed by atoms with Crippen LogP contribution in [-0.2, 0) is 4.79 Å². The number of carbonyl (C=O) groups is 1. The third-order valence-electron chi connectivity index (χ3n) is 4.28. The van der Waals surface area contributed by atoms with E-state index in [4.69, 9.17) is 16.3 Å². The van der Waals surface area contributed by atoms with E-state index in [0.717, 1.165) is 11.3 Å². The lowest BCUT2D eigenvalue weighted by Crippen LogP contribution is -2.24. The first kappa shape index (κ1) is 19.6. The number of aryl methyl sites for hydroxylation is 3. The number of para-hydroxylation sites is 1. The molecule has 1 heterocycles. The Morgan fingerprint density at radius 2 is 1.93 bits per heavy atom. The molecule has 0 saturated heterocycles. The lowest BCUT2D eigenvalue weighted by atomic mass is 10.1. The summed E-state index contributed by atoms with van der Waals surface area (Å²) >= 11 is 6.42. The average molecular weight is 397 g/mol. The Bertz CT molecular complexity index is 1010. The van der Waals surface area contributed by atoms with Crippen LogP contribution in [0.15, 0.2) is 53.6 Å². The number of carbonyl (C=O) groups excluding carboxylic acids is 1. The van der Waals surface area contributed by atoms with Crippen molar-refractivity contribution in [3.05, 3.63) is 76.1 Å². The summed E-state index contributed by atoms with van der Waals surface area (Å²) < 4.78 is 7.12. The number of hydrogen-bond acceptors (Lipinski definition) is 4. The standard InChI is InChI=1S/C21H21ClN4O2/c1-14-9-10-18(11-15(14)2)28-13-20(27)24-23-12-19-16(3)25-26(21(19)22)17-7-5-4-6-8-17/h4-12H,13H2,1-3H3,(H,24,27)/b23-12-. The summed E-state index contributed by atoms with van der Waals surface area (Å²) in [5.41, 5.74) is 6.91. The van der Waals surface area contributed by atoms with Gasteiger partial charge in [0.05, 0.1) is 23.2 Å². The van der Waals surface area contributed by atoms with Crippen LogP contribution in [0, 0.1) is 20.8 Å². The molecule has 2 aromatic carbocycles. The molecule has 0 saturated carbocycles. The van der Waals surface area contributed by atoms with Crippen LogP contribution in [0.25, 0.3) is 5.69 Å². The van der Waals surface area contributed by atoms with Crippen LogP contribution in [0.2, 0.25) is 5.15 Å². The molecule has 0 aliphatic rings. The molecule has 1 amide bonds. The number of nitrogens with one attached hydrogen (secondary N) is 1. The van der Waals surface area contributed by atoms with Gasteiger partial charge in [0.15, 0.2) is 6.61 Å². The molecule has 28 heavy (non-hydrogen) atoms. The average Bonchev–Trinajstić information content (AvgIpc) is 2.98. The summed E-state index contributed by atoms with van der Waals surface area (Å²) in [6, 6.07) is 15.2. The molecular formula is C21H21ClN4O2. The first-order valence-electron chi connectivity index (χ1n) is 8.78. The molecule has 0 unspecified atom stereocenters. The Labute approximate surface area is 168 Å². The monoisotopic (exact) mass is 396 g/mol. The fraction of sp³-hybridized carbons (Fsp3) is 0.190. The maximum Gasteiger partial charge on any atom is 0.277 e. The molecule has 0 bridgehead atoms. The van der Waals surface area contributed by atoms with Crippen LogP contribution < -0.4 is 10.2 Å². The zero-order valence-electron chi connectivity index (χ0n) is 15.9. The first-order chi connectivity index (χ1) is 13.5. The van der Waals surface area contributed by atoms with E-state index >= 15 is 0 Å². The summed E-state index contributed by atoms with van der Waals surface area (Å²) in [4.78, 5) is 12.0. The first-order valence-corrected chi connectivity index (χ1v) is 9.16. The molecule has 0 aliphatic heterocycles. The van der Waals surface area contributed by atoms with Gasteiger partial charge in [-0.15, -0.1) is 0 Å². The normalized spacial score (nSPS) is 11.0. The molecular weight excluding hydrogens is 376 g/mol. The van der Waals surface area contributed by atoms with Crippen molar-refractivity contribution in [1.82, 2.24) is 15.2 Å². The molecule has 0 fully saturated rings. The topological polar surface area (TPSA) is 68.5 Å². The third-order valence-corrected chi connectivity index (χ3v) is 4.64. The fourth-order valence-corrected chi connectivity index (χ4v) is 2.87. The Morgan fingerprint density at radius 3 is 2.64 bits per heavy atom. The minimum Gasteiger partial charge on any atom is -0.484 e. The zero-order chi connectivity index (χ0) is 20.1. The minimum atomic E-state index is -0.362. The van der Waals surface area contributed by atoms with Crippen LogP contribution in [0.3, 0.4) is 0 Å². The highest BCUT2D eigenvalue weighted by Gasteiger charge is 2.13. The van der Waals surface area contributed by atoms with Crippen molar-refractivity contribution in [1.29, 1.82) is 0 Å². The van der Waals surface area contributed by atoms with Crippen molar-refractivity contribution in [2.24, 2.45) is 5.10 Å². The van der Waals surface area contributed by atoms with E-state index in [1.807, 2.05) is 69.3 Å². The predicted octanol–water partition coefficient (Wildman–Crippen LogP) is 3.98. The predicted molar refractivity (Wildman–Crippen MR) is 110 cm³/mol. The van der Waals surface area contributed by atoms with Gasteiger partial charge in [-0.2, -0.15) is 10.2 Å². The zero-order valence-corrected chi connectivity index (χ0v) is 16.7. The van der Waals surface area contributed by atoms with Crippen LogP contribution >= 0.6 is 11.6 Å². The lowest BCUT2D eigenvalue weighted by Gasteiger charge is -2.07. The number of ether oxygens (including phenoxy) is 1. The molecule has 1 N–H and O–H groups in total. The molecule has 1 aromatic heterocycles. The summed E-state index contributed by atoms with van der Waals surface area (Å²) in [5.74, 6) is 0.281. The van der Waals surface area contributed by atoms with Crippen molar-refractivity contribution in [2.75, 3.05) is 6.61 Å². The highest BCUT2D eigenvalue weighted by Crippen LogP contribution is 2.21. The summed E-state index contributed by atoms with van der Waals surface area (Å²) in [5, 5.41) is 8.82. The molecule has 0 aliphatic carbocycles. The highest BCUT2D eigenvalue weighted by molar-refractivity contribution is 6.32. The second kappa shape index (κ2) is 8.71. The van der Waals surface area contributed by atoms with E-state index in [9.17, 15) is 4.79 Å². The number of benzene rings is 2. The van der Waals surface area contributed by atoms with Crippen molar-refractivity contribution in [2.45, 2.75) is 20.8 Å². The maximum absolute atomic E-state index is 12.0. The van der Waals surface area contributed by atoms with Gasteiger partial charge in [-0.05, 0) is 56.2 Å². The van der Waals surface area contributed by atoms with Crippen molar-refractivity contribution in [3.8, 4) is 11.4 Å². The number of nitrogens with zero attached hydrogens (tertiary/aromatic N) is 3. The quantitative estimate of drug-likeness (QED) is 0.506. The van der Waals surface area contributed by atoms with E-state index in [2.05, 4.69) is 15.6 Å². The molecule has 0 atom stereocenters. The third kappa shape index (κ3) is 4.58. The van der Waals surface area contributed by atoms with Crippen LogP contribution in [-0.4, -0.2) is 28.5 Å². The van der Waals surface area contributed by atoms with Gasteiger partial charge in [0, 0.05) is 0 Å². The van der Waals surface area contributed by atoms with Gasteiger partial charge < -0.3 is 4.74 Å². The second-order valence-corrected chi connectivity index (χ2v) is 6.72. The van der Waals surface area contributed by atoms with Crippen molar-refractivity contribution in [3.63, 3.8) is 0 Å². The summed E-state index contributed by atoms with van der Waals surface area (Å²) in [7, 11) is 0. The van der Waals surface area contributed by atoms with Crippen LogP contribution in [0.1, 0.15) is 22.4 Å². The fourth-order valence-electron chi connectivity index (χ4n) is 2.55. The molecule has 3 rings (SSSR count). The number of hydrogen-bond donors (Lipinski definition) is 1. The van der Waals surface area contributed by atoms with Gasteiger partial charge in [0.25, 0.3) is 5.91 Å². The Hall–Kier alpha value is -3.12. The number of halogens is 1. The SMILES string of the molecule is Cc1ccc(OCC(=O)N/N=C\c2c(C)nn(-c3ccccc3)c2Cl)cc1C. The smallest absolute Gasteiger partial charge is 0.277 e. The number of hydrazone groups is 1.